The van der Waals surface area contributed by atoms with Crippen molar-refractivity contribution in [3.05, 3.63) is 58.0 Å². The van der Waals surface area contributed by atoms with Crippen LogP contribution in [-0.4, -0.2) is 17.0 Å². The third-order valence-corrected chi connectivity index (χ3v) is 3.08. The van der Waals surface area contributed by atoms with Crippen LogP contribution >= 0.6 is 23.2 Å². The van der Waals surface area contributed by atoms with E-state index in [1.807, 2.05) is 0 Å². The Balaban J connectivity index is 2.25. The minimum Gasteiger partial charge on any atom is -0.479 e. The number of carboxylic acid groups (broad SMARTS) is 1. The highest BCUT2D eigenvalue weighted by Crippen LogP contribution is 2.23. The Morgan fingerprint density at radius 1 is 1.15 bits per heavy atom. The maximum Gasteiger partial charge on any atom is 0.330 e. The molecule has 0 aliphatic carbocycles. The van der Waals surface area contributed by atoms with Crippen molar-refractivity contribution in [2.24, 2.45) is 0 Å². The van der Waals surface area contributed by atoms with Crippen LogP contribution in [-0.2, 0) is 4.79 Å². The molecule has 20 heavy (non-hydrogen) atoms. The van der Waals surface area contributed by atoms with Crippen LogP contribution in [0.5, 0.6) is 0 Å². The van der Waals surface area contributed by atoms with Crippen molar-refractivity contribution < 1.29 is 19.1 Å². The number of halogens is 2. The number of carbonyl (C=O) groups is 2. The molecular weight excluding hydrogens is 305 g/mol. The van der Waals surface area contributed by atoms with E-state index < -0.39 is 17.9 Å². The predicted octanol–water partition coefficient (Wildman–Crippen LogP) is 3.14. The summed E-state index contributed by atoms with van der Waals surface area (Å²) in [5.74, 6) is -2.00. The summed E-state index contributed by atoms with van der Waals surface area (Å²) < 4.78 is 4.92. The minimum atomic E-state index is -1.28. The highest BCUT2D eigenvalue weighted by Gasteiger charge is 2.25. The van der Waals surface area contributed by atoms with Crippen molar-refractivity contribution in [3.8, 4) is 0 Å². The molecule has 0 saturated carbocycles. The third kappa shape index (κ3) is 3.12. The van der Waals surface area contributed by atoms with Crippen molar-refractivity contribution in [3.63, 3.8) is 0 Å². The molecule has 2 rings (SSSR count). The van der Waals surface area contributed by atoms with E-state index in [9.17, 15) is 14.7 Å². The largest absolute Gasteiger partial charge is 0.479 e. The topological polar surface area (TPSA) is 79.5 Å². The first-order valence-corrected chi connectivity index (χ1v) is 6.28. The molecule has 0 aliphatic heterocycles. The zero-order valence-electron chi connectivity index (χ0n) is 9.97. The second-order valence-corrected chi connectivity index (χ2v) is 4.65. The summed E-state index contributed by atoms with van der Waals surface area (Å²) in [6.45, 7) is 0. The number of hydrogen-bond donors (Lipinski definition) is 2. The molecule has 0 spiro atoms. The molecule has 2 aromatic rings. The fraction of sp³-hybridized carbons (Fsp3) is 0.0769. The number of carboxylic acids is 1. The van der Waals surface area contributed by atoms with Gasteiger partial charge < -0.3 is 14.8 Å². The SMILES string of the molecule is O=C(N[C@@H](C(=O)O)c1ccccc1Cl)c1ccc(Cl)o1. The number of benzene rings is 1. The van der Waals surface area contributed by atoms with E-state index in [1.54, 1.807) is 18.2 Å². The van der Waals surface area contributed by atoms with Crippen molar-refractivity contribution >= 4 is 35.1 Å². The molecule has 1 atom stereocenters. The van der Waals surface area contributed by atoms with E-state index in [2.05, 4.69) is 5.32 Å². The van der Waals surface area contributed by atoms with Gasteiger partial charge in [0.25, 0.3) is 5.91 Å². The molecule has 0 aliphatic rings. The molecular formula is C13H9Cl2NO4. The van der Waals surface area contributed by atoms with Gasteiger partial charge in [0.05, 0.1) is 0 Å². The maximum absolute atomic E-state index is 11.9. The number of furan rings is 1. The maximum atomic E-state index is 11.9. The standard InChI is InChI=1S/C13H9Cl2NO4/c14-8-4-2-1-3-7(8)11(13(18)19)16-12(17)9-5-6-10(15)20-9/h1-6,11H,(H,16,17)(H,18,19)/t11-/m1/s1. The van der Waals surface area contributed by atoms with Gasteiger partial charge in [-0.25, -0.2) is 4.79 Å². The van der Waals surface area contributed by atoms with Gasteiger partial charge in [-0.05, 0) is 29.8 Å². The van der Waals surface area contributed by atoms with Gasteiger partial charge in [-0.3, -0.25) is 4.79 Å². The Morgan fingerprint density at radius 2 is 1.85 bits per heavy atom. The summed E-state index contributed by atoms with van der Waals surface area (Å²) in [5.41, 5.74) is 0.285. The molecule has 1 aromatic heterocycles. The lowest BCUT2D eigenvalue weighted by atomic mass is 10.1. The van der Waals surface area contributed by atoms with Crippen molar-refractivity contribution in [1.82, 2.24) is 5.32 Å². The van der Waals surface area contributed by atoms with Crippen molar-refractivity contribution in [2.45, 2.75) is 6.04 Å². The van der Waals surface area contributed by atoms with Crippen LogP contribution in [0.25, 0.3) is 0 Å². The lowest BCUT2D eigenvalue weighted by molar-refractivity contribution is -0.139. The first kappa shape index (κ1) is 14.4. The van der Waals surface area contributed by atoms with Crippen LogP contribution in [0.3, 0.4) is 0 Å². The molecule has 1 amide bonds. The van der Waals surface area contributed by atoms with Crippen LogP contribution in [0.1, 0.15) is 22.2 Å². The minimum absolute atomic E-state index is 0.0415. The van der Waals surface area contributed by atoms with Gasteiger partial charge in [-0.15, -0.1) is 0 Å². The van der Waals surface area contributed by atoms with E-state index in [0.717, 1.165) is 0 Å². The summed E-state index contributed by atoms with van der Waals surface area (Å²) in [6.07, 6.45) is 0. The monoisotopic (exact) mass is 313 g/mol. The molecule has 104 valence electrons. The summed E-state index contributed by atoms with van der Waals surface area (Å²) in [6, 6.07) is 7.83. The first-order chi connectivity index (χ1) is 9.49. The van der Waals surface area contributed by atoms with Gasteiger partial charge >= 0.3 is 5.97 Å². The average molecular weight is 314 g/mol. The average Bonchev–Trinajstić information content (AvgIpc) is 2.83. The number of amides is 1. The predicted molar refractivity (Wildman–Crippen MR) is 73.0 cm³/mol. The zero-order valence-corrected chi connectivity index (χ0v) is 11.5. The van der Waals surface area contributed by atoms with E-state index in [0.29, 0.717) is 0 Å². The van der Waals surface area contributed by atoms with Crippen molar-refractivity contribution in [2.75, 3.05) is 0 Å². The quantitative estimate of drug-likeness (QED) is 0.908. The van der Waals surface area contributed by atoms with E-state index in [-0.39, 0.29) is 21.6 Å². The highest BCUT2D eigenvalue weighted by molar-refractivity contribution is 6.31. The molecule has 1 aromatic carbocycles. The summed E-state index contributed by atoms with van der Waals surface area (Å²) in [5, 5.41) is 11.8. The smallest absolute Gasteiger partial charge is 0.330 e. The van der Waals surface area contributed by atoms with Crippen LogP contribution in [0, 0.1) is 0 Å². The Labute approximate surface area is 124 Å². The molecule has 7 heteroatoms. The zero-order chi connectivity index (χ0) is 14.7. The normalized spacial score (nSPS) is 11.9. The lowest BCUT2D eigenvalue weighted by Crippen LogP contribution is -2.33. The number of rotatable bonds is 4. The number of nitrogens with one attached hydrogen (secondary N) is 1. The third-order valence-electron chi connectivity index (χ3n) is 2.54. The molecule has 0 saturated heterocycles. The second kappa shape index (κ2) is 5.98. The van der Waals surface area contributed by atoms with Gasteiger partial charge in [0.1, 0.15) is 0 Å². The van der Waals surface area contributed by atoms with Gasteiger partial charge in [-0.1, -0.05) is 29.8 Å². The number of carbonyl (C=O) groups excluding carboxylic acids is 1. The first-order valence-electron chi connectivity index (χ1n) is 5.52. The van der Waals surface area contributed by atoms with E-state index in [4.69, 9.17) is 27.6 Å². The van der Waals surface area contributed by atoms with E-state index >= 15 is 0 Å². The summed E-state index contributed by atoms with van der Waals surface area (Å²) in [4.78, 5) is 23.2. The molecule has 0 unspecified atom stereocenters. The molecule has 1 heterocycles. The molecule has 0 bridgehead atoms. The van der Waals surface area contributed by atoms with Gasteiger partial charge in [-0.2, -0.15) is 0 Å². The van der Waals surface area contributed by atoms with Crippen LogP contribution in [0.2, 0.25) is 10.2 Å². The Morgan fingerprint density at radius 3 is 2.40 bits per heavy atom. The summed E-state index contributed by atoms with van der Waals surface area (Å²) in [7, 11) is 0. The van der Waals surface area contributed by atoms with Crippen molar-refractivity contribution in [1.29, 1.82) is 0 Å². The number of aliphatic carboxylic acids is 1. The molecule has 0 radical (unpaired) electrons. The van der Waals surface area contributed by atoms with Gasteiger partial charge in [0.15, 0.2) is 17.0 Å². The summed E-state index contributed by atoms with van der Waals surface area (Å²) >= 11 is 11.5. The Hall–Kier alpha value is -1.98. The Kier molecular flexibility index (Phi) is 4.32. The van der Waals surface area contributed by atoms with Crippen LogP contribution in [0.15, 0.2) is 40.8 Å². The fourth-order valence-corrected chi connectivity index (χ4v) is 2.01. The lowest BCUT2D eigenvalue weighted by Gasteiger charge is -2.15. The molecule has 5 nitrogen and oxygen atoms in total. The second-order valence-electron chi connectivity index (χ2n) is 3.87. The Bertz CT molecular complexity index is 653. The number of hydrogen-bond acceptors (Lipinski definition) is 3. The van der Waals surface area contributed by atoms with Crippen LogP contribution in [0.4, 0.5) is 0 Å². The molecule has 0 fully saturated rings. The fourth-order valence-electron chi connectivity index (χ4n) is 1.62. The van der Waals surface area contributed by atoms with Crippen LogP contribution < -0.4 is 5.32 Å². The molecule has 2 N–H and O–H groups in total. The van der Waals surface area contributed by atoms with Gasteiger partial charge in [0.2, 0.25) is 0 Å². The van der Waals surface area contributed by atoms with E-state index in [1.165, 1.54) is 18.2 Å². The van der Waals surface area contributed by atoms with Gasteiger partial charge in [0, 0.05) is 10.6 Å². The highest BCUT2D eigenvalue weighted by atomic mass is 35.5.